The lowest BCUT2D eigenvalue weighted by Crippen LogP contribution is -2.29. The van der Waals surface area contributed by atoms with Crippen molar-refractivity contribution < 1.29 is 0 Å². The van der Waals surface area contributed by atoms with E-state index in [1.807, 2.05) is 55.1 Å². The summed E-state index contributed by atoms with van der Waals surface area (Å²) in [5, 5.41) is 8.55. The fourth-order valence-corrected chi connectivity index (χ4v) is 3.67. The van der Waals surface area contributed by atoms with Gasteiger partial charge in [-0.3, -0.25) is 0 Å². The first kappa shape index (κ1) is 19.4. The zero-order chi connectivity index (χ0) is 17.4. The van der Waals surface area contributed by atoms with Gasteiger partial charge >= 0.3 is 0 Å². The number of thiocarbonyl (C=S) groups is 1. The molecule has 0 aromatic heterocycles. The molecule has 2 rings (SSSR count). The molecule has 0 aliphatic heterocycles. The van der Waals surface area contributed by atoms with Crippen molar-refractivity contribution in [3.63, 3.8) is 0 Å². The predicted octanol–water partition coefficient (Wildman–Crippen LogP) is 5.91. The molecule has 0 atom stereocenters. The van der Waals surface area contributed by atoms with Crippen LogP contribution < -0.4 is 10.6 Å². The summed E-state index contributed by atoms with van der Waals surface area (Å²) in [6.07, 6.45) is 1.03. The summed E-state index contributed by atoms with van der Waals surface area (Å²) >= 11 is 19.4. The molecule has 2 aromatic rings. The maximum absolute atomic E-state index is 6.14. The normalized spacial score (nSPS) is 10.5. The highest BCUT2D eigenvalue weighted by Gasteiger charge is 2.01. The first-order valence-corrected chi connectivity index (χ1v) is 10.0. The minimum atomic E-state index is 0.617. The Morgan fingerprint density at radius 1 is 1.12 bits per heavy atom. The van der Waals surface area contributed by atoms with Gasteiger partial charge in [0.25, 0.3) is 0 Å². The molecule has 0 amide bonds. The van der Waals surface area contributed by atoms with Crippen LogP contribution in [0.1, 0.15) is 17.5 Å². The molecular formula is C18H20Cl2N2S2. The minimum Gasteiger partial charge on any atom is -0.362 e. The van der Waals surface area contributed by atoms with Gasteiger partial charge in [-0.2, -0.15) is 11.8 Å². The number of thioether (sulfide) groups is 1. The van der Waals surface area contributed by atoms with Crippen LogP contribution in [0.2, 0.25) is 10.0 Å². The van der Waals surface area contributed by atoms with E-state index in [4.69, 9.17) is 35.4 Å². The predicted molar refractivity (Wildman–Crippen MR) is 113 cm³/mol. The third-order valence-corrected chi connectivity index (χ3v) is 5.51. The molecule has 0 fully saturated rings. The van der Waals surface area contributed by atoms with Crippen LogP contribution in [0.25, 0.3) is 0 Å². The van der Waals surface area contributed by atoms with Crippen LogP contribution in [0, 0.1) is 6.92 Å². The number of halogens is 2. The van der Waals surface area contributed by atoms with E-state index < -0.39 is 0 Å². The molecule has 0 bridgehead atoms. The summed E-state index contributed by atoms with van der Waals surface area (Å²) in [4.78, 5) is 0. The lowest BCUT2D eigenvalue weighted by atomic mass is 10.2. The molecule has 2 N–H and O–H groups in total. The minimum absolute atomic E-state index is 0.617. The Kier molecular flexibility index (Phi) is 8.19. The van der Waals surface area contributed by atoms with E-state index in [1.54, 1.807) is 0 Å². The van der Waals surface area contributed by atoms with E-state index in [9.17, 15) is 0 Å². The first-order valence-electron chi connectivity index (χ1n) is 7.68. The summed E-state index contributed by atoms with van der Waals surface area (Å²) in [5.41, 5.74) is 3.14. The molecule has 24 heavy (non-hydrogen) atoms. The van der Waals surface area contributed by atoms with E-state index in [1.165, 1.54) is 5.56 Å². The second-order valence-electron chi connectivity index (χ2n) is 5.34. The van der Waals surface area contributed by atoms with E-state index in [-0.39, 0.29) is 0 Å². The maximum atomic E-state index is 6.14. The quantitative estimate of drug-likeness (QED) is 0.446. The van der Waals surface area contributed by atoms with Crippen molar-refractivity contribution in [2.75, 3.05) is 17.6 Å². The highest BCUT2D eigenvalue weighted by molar-refractivity contribution is 7.98. The van der Waals surface area contributed by atoms with Crippen LogP contribution in [0.4, 0.5) is 5.69 Å². The Morgan fingerprint density at radius 2 is 1.92 bits per heavy atom. The molecule has 2 nitrogen and oxygen atoms in total. The highest BCUT2D eigenvalue weighted by Crippen LogP contribution is 2.21. The van der Waals surface area contributed by atoms with Crippen molar-refractivity contribution in [1.29, 1.82) is 0 Å². The standard InChI is InChI=1S/C18H20Cl2N2S2/c1-13-7-8-15(11-17(13)20)22-18(23)21-9-4-10-24-12-14-5-2-3-6-16(14)19/h2-3,5-8,11H,4,9-10,12H2,1H3,(H2,21,22,23). The number of benzene rings is 2. The van der Waals surface area contributed by atoms with Crippen LogP contribution in [-0.4, -0.2) is 17.4 Å². The second kappa shape index (κ2) is 10.1. The molecular weight excluding hydrogens is 379 g/mol. The van der Waals surface area contributed by atoms with Crippen LogP contribution in [0.15, 0.2) is 42.5 Å². The van der Waals surface area contributed by atoms with Crippen LogP contribution >= 0.6 is 47.2 Å². The molecule has 6 heteroatoms. The average Bonchev–Trinajstić information content (AvgIpc) is 2.56. The maximum Gasteiger partial charge on any atom is 0.170 e. The molecule has 0 heterocycles. The largest absolute Gasteiger partial charge is 0.362 e. The van der Waals surface area contributed by atoms with E-state index >= 15 is 0 Å². The zero-order valence-corrected chi connectivity index (χ0v) is 16.6. The SMILES string of the molecule is Cc1ccc(NC(=S)NCCCSCc2ccccc2Cl)cc1Cl. The van der Waals surface area contributed by atoms with Gasteiger partial charge in [0.15, 0.2) is 5.11 Å². The molecule has 0 spiro atoms. The Morgan fingerprint density at radius 3 is 2.67 bits per heavy atom. The Hall–Kier alpha value is -0.940. The topological polar surface area (TPSA) is 24.1 Å². The molecule has 0 unspecified atom stereocenters. The summed E-state index contributed by atoms with van der Waals surface area (Å²) in [6.45, 7) is 2.81. The molecule has 0 aliphatic carbocycles. The lowest BCUT2D eigenvalue weighted by Gasteiger charge is -2.11. The van der Waals surface area contributed by atoms with Crippen molar-refractivity contribution in [3.05, 3.63) is 63.6 Å². The van der Waals surface area contributed by atoms with E-state index in [0.717, 1.165) is 45.8 Å². The third kappa shape index (κ3) is 6.52. The molecule has 2 aromatic carbocycles. The number of nitrogens with one attached hydrogen (secondary N) is 2. The molecule has 0 aliphatic rings. The van der Waals surface area contributed by atoms with Gasteiger partial charge < -0.3 is 10.6 Å². The molecule has 0 saturated heterocycles. The monoisotopic (exact) mass is 398 g/mol. The van der Waals surface area contributed by atoms with Crippen LogP contribution in [0.3, 0.4) is 0 Å². The van der Waals surface area contributed by atoms with Crippen LogP contribution in [-0.2, 0) is 5.75 Å². The number of rotatable bonds is 7. The van der Waals surface area contributed by atoms with Gasteiger partial charge in [-0.05, 0) is 60.6 Å². The van der Waals surface area contributed by atoms with E-state index in [2.05, 4.69) is 16.7 Å². The summed E-state index contributed by atoms with van der Waals surface area (Å²) in [5.74, 6) is 1.99. The third-order valence-electron chi connectivity index (χ3n) is 3.40. The Bertz CT molecular complexity index is 692. The summed E-state index contributed by atoms with van der Waals surface area (Å²) in [6, 6.07) is 13.8. The fraction of sp³-hybridized carbons (Fsp3) is 0.278. The van der Waals surface area contributed by atoms with E-state index in [0.29, 0.717) is 5.11 Å². The fourth-order valence-electron chi connectivity index (χ4n) is 2.02. The highest BCUT2D eigenvalue weighted by atomic mass is 35.5. The average molecular weight is 399 g/mol. The van der Waals surface area contributed by atoms with Crippen molar-refractivity contribution in [3.8, 4) is 0 Å². The second-order valence-corrected chi connectivity index (χ2v) is 7.67. The van der Waals surface area contributed by atoms with Gasteiger partial charge in [0, 0.05) is 28.0 Å². The number of hydrogen-bond donors (Lipinski definition) is 2. The van der Waals surface area contributed by atoms with Crippen molar-refractivity contribution in [1.82, 2.24) is 5.32 Å². The van der Waals surface area contributed by atoms with Gasteiger partial charge in [-0.15, -0.1) is 0 Å². The summed E-state index contributed by atoms with van der Waals surface area (Å²) in [7, 11) is 0. The van der Waals surface area contributed by atoms with Gasteiger partial charge in [-0.25, -0.2) is 0 Å². The smallest absolute Gasteiger partial charge is 0.170 e. The van der Waals surface area contributed by atoms with Gasteiger partial charge in [-0.1, -0.05) is 47.5 Å². The Labute approximate surface area is 163 Å². The number of aryl methyl sites for hydroxylation is 1. The van der Waals surface area contributed by atoms with Gasteiger partial charge in [0.05, 0.1) is 0 Å². The first-order chi connectivity index (χ1) is 11.6. The molecule has 128 valence electrons. The van der Waals surface area contributed by atoms with Gasteiger partial charge in [0.1, 0.15) is 0 Å². The number of anilines is 1. The van der Waals surface area contributed by atoms with Gasteiger partial charge in [0.2, 0.25) is 0 Å². The Balaban J connectivity index is 1.61. The van der Waals surface area contributed by atoms with Crippen molar-refractivity contribution in [2.45, 2.75) is 19.1 Å². The number of hydrogen-bond acceptors (Lipinski definition) is 2. The zero-order valence-electron chi connectivity index (χ0n) is 13.4. The molecule has 0 saturated carbocycles. The van der Waals surface area contributed by atoms with Crippen LogP contribution in [0.5, 0.6) is 0 Å². The van der Waals surface area contributed by atoms with Crippen molar-refractivity contribution >= 4 is 58.0 Å². The summed E-state index contributed by atoms with van der Waals surface area (Å²) < 4.78 is 0. The van der Waals surface area contributed by atoms with Crippen molar-refractivity contribution in [2.24, 2.45) is 0 Å². The lowest BCUT2D eigenvalue weighted by molar-refractivity contribution is 0.854. The molecule has 0 radical (unpaired) electrons.